The van der Waals surface area contributed by atoms with Gasteiger partial charge in [-0.05, 0) is 26.8 Å². The van der Waals surface area contributed by atoms with Crippen molar-refractivity contribution in [2.45, 2.75) is 37.9 Å². The number of rotatable bonds is 7. The maximum Gasteiger partial charge on any atom is 0.272 e. The minimum Gasteiger partial charge on any atom is -0.360 e. The van der Waals surface area contributed by atoms with Crippen molar-refractivity contribution >= 4 is 33.1 Å². The van der Waals surface area contributed by atoms with Crippen LogP contribution in [0.5, 0.6) is 0 Å². The van der Waals surface area contributed by atoms with Crippen molar-refractivity contribution in [2.75, 3.05) is 17.8 Å². The number of nitrogens with zero attached hydrogens (tertiary/aromatic N) is 3. The van der Waals surface area contributed by atoms with Crippen LogP contribution in [0.25, 0.3) is 0 Å². The Balaban J connectivity index is 1.56. The van der Waals surface area contributed by atoms with Crippen molar-refractivity contribution in [2.24, 2.45) is 4.99 Å². The summed E-state index contributed by atoms with van der Waals surface area (Å²) in [6.07, 6.45) is -1.20. The average molecular weight is 510 g/mol. The maximum atomic E-state index is 13.3. The fraction of sp³-hybridized carbons (Fsp3) is 0.280. The van der Waals surface area contributed by atoms with Crippen LogP contribution >= 0.6 is 0 Å². The summed E-state index contributed by atoms with van der Waals surface area (Å²) in [5.74, 6) is -1.32. The van der Waals surface area contributed by atoms with Crippen molar-refractivity contribution in [3.63, 3.8) is 0 Å². The predicted molar refractivity (Wildman–Crippen MR) is 134 cm³/mol. The molecule has 2 unspecified atom stereocenters. The number of para-hydroxylation sites is 1. The molecule has 0 saturated carbocycles. The van der Waals surface area contributed by atoms with Crippen molar-refractivity contribution in [3.8, 4) is 0 Å². The van der Waals surface area contributed by atoms with E-state index in [1.54, 1.807) is 7.05 Å². The van der Waals surface area contributed by atoms with E-state index >= 15 is 0 Å². The highest BCUT2D eigenvalue weighted by Crippen LogP contribution is 2.27. The number of aryl methyl sites for hydroxylation is 2. The first-order valence-electron chi connectivity index (χ1n) is 11.3. The quantitative estimate of drug-likeness (QED) is 0.497. The summed E-state index contributed by atoms with van der Waals surface area (Å²) < 4.78 is 30.4. The van der Waals surface area contributed by atoms with Gasteiger partial charge in [-0.1, -0.05) is 53.7 Å². The molecule has 0 aliphatic carbocycles. The third kappa shape index (κ3) is 4.93. The monoisotopic (exact) mass is 509 g/mol. The lowest BCUT2D eigenvalue weighted by Gasteiger charge is -2.22. The number of benzodiazepines with no additional fused rings is 1. The summed E-state index contributed by atoms with van der Waals surface area (Å²) >= 11 is 0. The first kappa shape index (κ1) is 25.3. The van der Waals surface area contributed by atoms with Gasteiger partial charge in [-0.2, -0.15) is 0 Å². The number of hydrogen-bond donors (Lipinski definition) is 2. The van der Waals surface area contributed by atoms with Crippen LogP contribution in [0.4, 0.5) is 5.69 Å². The lowest BCUT2D eigenvalue weighted by molar-refractivity contribution is -0.128. The lowest BCUT2D eigenvalue weighted by Crippen LogP contribution is -2.52. The van der Waals surface area contributed by atoms with E-state index in [-0.39, 0.29) is 16.3 Å². The Morgan fingerprint density at radius 1 is 1.11 bits per heavy atom. The van der Waals surface area contributed by atoms with Gasteiger partial charge in [0.2, 0.25) is 12.1 Å². The topological polar surface area (TPSA) is 134 Å². The zero-order chi connectivity index (χ0) is 26.0. The molecule has 4 rings (SSSR count). The summed E-state index contributed by atoms with van der Waals surface area (Å²) in [7, 11) is -2.17. The van der Waals surface area contributed by atoms with Crippen molar-refractivity contribution in [1.29, 1.82) is 0 Å². The van der Waals surface area contributed by atoms with Crippen LogP contribution in [0.3, 0.4) is 0 Å². The Bertz CT molecular complexity index is 1410. The number of likely N-dealkylation sites (N-methyl/N-ethyl adjacent to an activating group) is 1. The summed E-state index contributed by atoms with van der Waals surface area (Å²) in [6.45, 7) is 4.56. The Morgan fingerprint density at radius 2 is 1.78 bits per heavy atom. The molecule has 188 valence electrons. The second kappa shape index (κ2) is 10.0. The highest BCUT2D eigenvalue weighted by molar-refractivity contribution is 7.91. The number of aromatic nitrogens is 1. The standard InChI is InChI=1S/C25H27N5O5S/c1-15-22(17(3)35-29-15)36(33,34)14-26-16(2)24(31)28-23-25(32)30(4)20-13-9-8-12-19(20)21(27-23)18-10-6-5-7-11-18/h5-13,16,23,26H,14H2,1-4H3,(H,28,31). The number of carbonyl (C=O) groups is 2. The van der Waals surface area contributed by atoms with Gasteiger partial charge in [0.1, 0.15) is 10.8 Å². The number of fused-ring (bicyclic) bond motifs is 1. The second-order valence-electron chi connectivity index (χ2n) is 8.51. The summed E-state index contributed by atoms with van der Waals surface area (Å²) in [6, 6.07) is 15.8. The lowest BCUT2D eigenvalue weighted by atomic mass is 10.0. The molecule has 2 amide bonds. The van der Waals surface area contributed by atoms with Crippen LogP contribution in [0.1, 0.15) is 29.5 Å². The van der Waals surface area contributed by atoms with Gasteiger partial charge in [0.15, 0.2) is 15.6 Å². The molecular weight excluding hydrogens is 482 g/mol. The average Bonchev–Trinajstić information content (AvgIpc) is 3.18. The van der Waals surface area contributed by atoms with Crippen LogP contribution in [0.2, 0.25) is 0 Å². The van der Waals surface area contributed by atoms with Gasteiger partial charge in [-0.25, -0.2) is 13.4 Å². The molecule has 36 heavy (non-hydrogen) atoms. The van der Waals surface area contributed by atoms with Crippen molar-refractivity contribution in [3.05, 3.63) is 77.2 Å². The van der Waals surface area contributed by atoms with Gasteiger partial charge in [-0.15, -0.1) is 0 Å². The minimum atomic E-state index is -3.80. The fourth-order valence-corrected chi connectivity index (χ4v) is 5.60. The van der Waals surface area contributed by atoms with Crippen LogP contribution in [-0.2, 0) is 19.4 Å². The molecule has 2 aromatic carbocycles. The Morgan fingerprint density at radius 3 is 2.44 bits per heavy atom. The minimum absolute atomic E-state index is 0.00181. The molecule has 0 radical (unpaired) electrons. The molecule has 1 aliphatic heterocycles. The highest BCUT2D eigenvalue weighted by Gasteiger charge is 2.32. The molecule has 10 nitrogen and oxygen atoms in total. The summed E-state index contributed by atoms with van der Waals surface area (Å²) in [4.78, 5) is 32.3. The van der Waals surface area contributed by atoms with Crippen LogP contribution < -0.4 is 15.5 Å². The number of amides is 2. The number of benzene rings is 2. The molecular formula is C25H27N5O5S. The van der Waals surface area contributed by atoms with Gasteiger partial charge < -0.3 is 14.7 Å². The van der Waals surface area contributed by atoms with Gasteiger partial charge >= 0.3 is 0 Å². The van der Waals surface area contributed by atoms with E-state index in [0.717, 1.165) is 11.1 Å². The van der Waals surface area contributed by atoms with Crippen molar-refractivity contribution in [1.82, 2.24) is 15.8 Å². The Hall–Kier alpha value is -3.83. The van der Waals surface area contributed by atoms with E-state index in [9.17, 15) is 18.0 Å². The number of sulfone groups is 1. The van der Waals surface area contributed by atoms with Crippen LogP contribution in [-0.4, -0.2) is 56.2 Å². The normalized spacial score (nSPS) is 16.7. The molecule has 2 atom stereocenters. The molecule has 11 heteroatoms. The first-order valence-corrected chi connectivity index (χ1v) is 12.9. The SMILES string of the molecule is Cc1noc(C)c1S(=O)(=O)CNC(C)C(=O)NC1N=C(c2ccccc2)c2ccccc2N(C)C1=O. The number of nitrogens with one attached hydrogen (secondary N) is 2. The summed E-state index contributed by atoms with van der Waals surface area (Å²) in [5, 5.41) is 9.05. The summed E-state index contributed by atoms with van der Waals surface area (Å²) in [5.41, 5.74) is 3.03. The van der Waals surface area contributed by atoms with E-state index in [4.69, 9.17) is 4.52 Å². The number of carbonyl (C=O) groups excluding carboxylic acids is 2. The third-order valence-corrected chi connectivity index (χ3v) is 7.67. The molecule has 0 bridgehead atoms. The molecule has 1 aromatic heterocycles. The maximum absolute atomic E-state index is 13.3. The number of anilines is 1. The third-order valence-electron chi connectivity index (χ3n) is 5.92. The van der Waals surface area contributed by atoms with E-state index in [1.807, 2.05) is 54.6 Å². The predicted octanol–water partition coefficient (Wildman–Crippen LogP) is 1.96. The van der Waals surface area contributed by atoms with Crippen LogP contribution in [0, 0.1) is 13.8 Å². The molecule has 2 heterocycles. The second-order valence-corrected chi connectivity index (χ2v) is 10.4. The van der Waals surface area contributed by atoms with E-state index in [2.05, 4.69) is 20.8 Å². The van der Waals surface area contributed by atoms with Gasteiger partial charge in [0.25, 0.3) is 5.91 Å². The zero-order valence-electron chi connectivity index (χ0n) is 20.3. The largest absolute Gasteiger partial charge is 0.360 e. The van der Waals surface area contributed by atoms with Gasteiger partial charge in [0.05, 0.1) is 23.1 Å². The smallest absolute Gasteiger partial charge is 0.272 e. The molecule has 1 aliphatic rings. The van der Waals surface area contributed by atoms with Crippen LogP contribution in [0.15, 0.2) is 69.0 Å². The Kier molecular flexibility index (Phi) is 7.04. The first-order chi connectivity index (χ1) is 17.1. The number of hydrogen-bond acceptors (Lipinski definition) is 8. The molecule has 0 saturated heterocycles. The van der Waals surface area contributed by atoms with E-state index in [0.29, 0.717) is 11.4 Å². The molecule has 3 aromatic rings. The Labute approximate surface area is 209 Å². The fourth-order valence-electron chi connectivity index (χ4n) is 4.02. The van der Waals surface area contributed by atoms with E-state index in [1.165, 1.54) is 25.7 Å². The highest BCUT2D eigenvalue weighted by atomic mass is 32.2. The zero-order valence-corrected chi connectivity index (χ0v) is 21.2. The van der Waals surface area contributed by atoms with Gasteiger partial charge in [0, 0.05) is 18.2 Å². The molecule has 0 spiro atoms. The van der Waals surface area contributed by atoms with Gasteiger partial charge in [-0.3, -0.25) is 14.9 Å². The molecule has 2 N–H and O–H groups in total. The van der Waals surface area contributed by atoms with Crippen molar-refractivity contribution < 1.29 is 22.5 Å². The molecule has 0 fully saturated rings. The van der Waals surface area contributed by atoms with E-state index < -0.39 is 39.7 Å². The number of aliphatic imine (C=N–C) groups is 1.